The van der Waals surface area contributed by atoms with Gasteiger partial charge in [0.15, 0.2) is 0 Å². The van der Waals surface area contributed by atoms with Crippen LogP contribution in [0.3, 0.4) is 0 Å². The number of ether oxygens (including phenoxy) is 2. The van der Waals surface area contributed by atoms with Crippen molar-refractivity contribution < 1.29 is 63.7 Å². The van der Waals surface area contributed by atoms with Gasteiger partial charge in [0, 0.05) is 58.9 Å². The van der Waals surface area contributed by atoms with Crippen molar-refractivity contribution in [2.45, 2.75) is 99.1 Å². The average molecular weight is 873 g/mol. The van der Waals surface area contributed by atoms with Crippen molar-refractivity contribution in [2.24, 2.45) is 0 Å². The number of hydrogen-bond donors (Lipinski definition) is 5. The summed E-state index contributed by atoms with van der Waals surface area (Å²) in [6.45, 7) is 15.1. The van der Waals surface area contributed by atoms with E-state index in [2.05, 4.69) is 87.4 Å². The second-order valence-electron chi connectivity index (χ2n) is 14.3. The third-order valence-electron chi connectivity index (χ3n) is 9.56. The fourth-order valence-electron chi connectivity index (χ4n) is 6.47. The van der Waals surface area contributed by atoms with E-state index < -0.39 is 23.8 Å². The van der Waals surface area contributed by atoms with Crippen LogP contribution in [0.4, 0.5) is 0 Å². The molecular weight excluding hydrogens is 804 g/mol. The minimum absolute atomic E-state index is 0. The largest absolute Gasteiger partial charge is 1.00 e. The van der Waals surface area contributed by atoms with Crippen LogP contribution in [0.1, 0.15) is 94.0 Å². The maximum atomic E-state index is 12.0. The smallest absolute Gasteiger partial charge is 0.870 e. The van der Waals surface area contributed by atoms with Crippen molar-refractivity contribution in [1.29, 1.82) is 0 Å². The summed E-state index contributed by atoms with van der Waals surface area (Å²) in [5.74, 6) is -2.67. The molecule has 0 saturated carbocycles. The van der Waals surface area contributed by atoms with Gasteiger partial charge >= 0.3 is 53.3 Å². The van der Waals surface area contributed by atoms with Gasteiger partial charge in [-0.2, -0.15) is 0 Å². The van der Waals surface area contributed by atoms with Crippen LogP contribution in [0.25, 0.3) is 0 Å². The Kier molecular flexibility index (Phi) is 30.4. The van der Waals surface area contributed by atoms with Crippen LogP contribution in [0.15, 0.2) is 54.6 Å². The van der Waals surface area contributed by atoms with E-state index in [1.54, 1.807) is 23.6 Å². The molecule has 1 saturated heterocycles. The number of hydrogen-bond acceptors (Lipinski definition) is 15. The molecule has 1 fully saturated rings. The zero-order valence-electron chi connectivity index (χ0n) is 36.4. The Morgan fingerprint density at radius 1 is 0.516 bits per heavy atom. The van der Waals surface area contributed by atoms with E-state index in [0.29, 0.717) is 39.3 Å². The van der Waals surface area contributed by atoms with Crippen LogP contribution in [0.2, 0.25) is 0 Å². The fourth-order valence-corrected chi connectivity index (χ4v) is 6.47. The molecule has 8 heterocycles. The molecule has 3 aromatic heterocycles. The number of nitrogens with one attached hydrogen (secondary N) is 5. The predicted octanol–water partition coefficient (Wildman–Crippen LogP) is -0.179. The van der Waals surface area contributed by atoms with Crippen LogP contribution in [-0.4, -0.2) is 120 Å². The Bertz CT molecular complexity index is 1610. The Morgan fingerprint density at radius 2 is 0.839 bits per heavy atom. The number of piperazine rings is 1. The van der Waals surface area contributed by atoms with Gasteiger partial charge in [0.05, 0.1) is 53.9 Å². The first-order valence-electron chi connectivity index (χ1n) is 21.2. The molecule has 8 rings (SSSR count). The third kappa shape index (κ3) is 21.9. The van der Waals surface area contributed by atoms with Gasteiger partial charge in [-0.15, -0.1) is 0 Å². The SMILES string of the molecule is C.CCOC(=O)C(=O)OCC.O=C1C(=O)N2CCN1CCNCc1cccc(n1)C2.[Na+].[OH-].c1cc2nc(c1)CNCCCCCNC2.c1cc2nc(c1)CNCCCCCNC2. The van der Waals surface area contributed by atoms with Crippen LogP contribution in [-0.2, 0) is 67.9 Å². The van der Waals surface area contributed by atoms with E-state index in [4.69, 9.17) is 0 Å². The van der Waals surface area contributed by atoms with Crippen LogP contribution >= 0.6 is 0 Å². The Labute approximate surface area is 390 Å². The van der Waals surface area contributed by atoms with Gasteiger partial charge in [0.2, 0.25) is 0 Å². The molecule has 0 aliphatic carbocycles. The second-order valence-corrected chi connectivity index (χ2v) is 14.3. The molecule has 18 heteroatoms. The first-order valence-corrected chi connectivity index (χ1v) is 21.2. The number of fused-ring (bicyclic) bond motifs is 9. The minimum atomic E-state index is -0.927. The number of pyridine rings is 3. The van der Waals surface area contributed by atoms with E-state index in [-0.39, 0.29) is 55.7 Å². The molecule has 2 amide bonds. The van der Waals surface area contributed by atoms with Gasteiger partial charge in [-0.05, 0) is 102 Å². The number of aromatic nitrogens is 3. The summed E-state index contributed by atoms with van der Waals surface area (Å²) in [4.78, 5) is 61.7. The molecule has 6 N–H and O–H groups in total. The van der Waals surface area contributed by atoms with E-state index in [9.17, 15) is 19.2 Å². The van der Waals surface area contributed by atoms with Crippen molar-refractivity contribution in [3.63, 3.8) is 0 Å². The molecular formula is C44H69N10NaO7. The maximum absolute atomic E-state index is 12.0. The zero-order chi connectivity index (χ0) is 41.9. The van der Waals surface area contributed by atoms with Crippen molar-refractivity contribution in [1.82, 2.24) is 51.3 Å². The molecule has 0 aromatic carbocycles. The quantitative estimate of drug-likeness (QED) is 0.128. The molecule has 0 unspecified atom stereocenters. The number of amides is 2. The van der Waals surface area contributed by atoms with E-state index in [1.807, 2.05) is 18.2 Å². The van der Waals surface area contributed by atoms with E-state index in [0.717, 1.165) is 86.5 Å². The number of carbonyl (C=O) groups excluding carboxylic acids is 4. The molecule has 17 nitrogen and oxygen atoms in total. The van der Waals surface area contributed by atoms with Gasteiger partial charge in [-0.25, -0.2) is 9.59 Å². The second kappa shape index (κ2) is 33.6. The summed E-state index contributed by atoms with van der Waals surface area (Å²) in [5.41, 5.74) is 6.38. The number of rotatable bonds is 2. The summed E-state index contributed by atoms with van der Waals surface area (Å²) in [6.07, 6.45) is 7.67. The van der Waals surface area contributed by atoms with Crippen molar-refractivity contribution >= 4 is 23.8 Å². The molecule has 0 spiro atoms. The zero-order valence-corrected chi connectivity index (χ0v) is 38.4. The first-order chi connectivity index (χ1) is 28.9. The Morgan fingerprint density at radius 3 is 1.23 bits per heavy atom. The predicted molar refractivity (Wildman–Crippen MR) is 233 cm³/mol. The van der Waals surface area contributed by atoms with Gasteiger partial charge in [0.1, 0.15) is 0 Å². The van der Waals surface area contributed by atoms with Gasteiger partial charge in [-0.1, -0.05) is 38.5 Å². The summed E-state index contributed by atoms with van der Waals surface area (Å²) in [6, 6.07) is 18.3. The molecule has 338 valence electrons. The average Bonchev–Trinajstić information content (AvgIpc) is 3.24. The standard InChI is InChI=1S/C13H16N4O2.2C12H19N3.C6H10O4.CH4.Na.H2O/c18-12-13(19)17-7-6-16(12)5-4-14-8-10-2-1-3-11(9-17)15-10;2*1-2-7-13-9-11-5-4-6-12(15-11)10-14-8-3-1;1-3-9-5(7)6(8)10-4-2;;;/h1-3,14H,4-9H2;2*4-6,13-14H,1-3,7-10H2;3-4H2,1-2H3;1H4;;1H2/q;;;;;+1;/p-1. The number of nitrogens with zero attached hydrogens (tertiary/aromatic N) is 5. The molecule has 5 aliphatic heterocycles. The Hall–Kier alpha value is -3.91. The molecule has 0 radical (unpaired) electrons. The maximum Gasteiger partial charge on any atom is 1.00 e. The number of carbonyl (C=O) groups is 4. The van der Waals surface area contributed by atoms with Crippen molar-refractivity contribution in [3.8, 4) is 0 Å². The monoisotopic (exact) mass is 873 g/mol. The summed E-state index contributed by atoms with van der Waals surface area (Å²) in [5, 5.41) is 17.0. The first kappa shape index (κ1) is 56.1. The molecule has 8 bridgehead atoms. The Balaban J connectivity index is 0.000000416. The molecule has 3 aromatic rings. The molecule has 0 atom stereocenters. The van der Waals surface area contributed by atoms with Gasteiger partial charge in [0.25, 0.3) is 0 Å². The third-order valence-corrected chi connectivity index (χ3v) is 9.56. The van der Waals surface area contributed by atoms with Crippen LogP contribution in [0, 0.1) is 0 Å². The normalized spacial score (nSPS) is 16.7. The van der Waals surface area contributed by atoms with Gasteiger partial charge in [-0.3, -0.25) is 24.5 Å². The van der Waals surface area contributed by atoms with Crippen LogP contribution < -0.4 is 56.1 Å². The summed E-state index contributed by atoms with van der Waals surface area (Å²) < 4.78 is 8.69. The minimum Gasteiger partial charge on any atom is -0.870 e. The summed E-state index contributed by atoms with van der Waals surface area (Å²) >= 11 is 0. The topological polar surface area (TPSA) is 222 Å². The van der Waals surface area contributed by atoms with Crippen molar-refractivity contribution in [2.75, 3.05) is 65.6 Å². The van der Waals surface area contributed by atoms with Crippen LogP contribution in [0.5, 0.6) is 0 Å². The summed E-state index contributed by atoms with van der Waals surface area (Å²) in [7, 11) is 0. The van der Waals surface area contributed by atoms with E-state index >= 15 is 0 Å². The van der Waals surface area contributed by atoms with Gasteiger partial charge < -0.3 is 51.3 Å². The van der Waals surface area contributed by atoms with Crippen molar-refractivity contribution in [3.05, 3.63) is 88.8 Å². The van der Waals surface area contributed by atoms with E-state index in [1.165, 1.54) is 38.5 Å². The molecule has 62 heavy (non-hydrogen) atoms. The number of esters is 2. The molecule has 5 aliphatic rings. The fraction of sp³-hybridized carbons (Fsp3) is 0.568.